The number of benzene rings is 5. The molecule has 0 unspecified atom stereocenters. The molecule has 0 bridgehead atoms. The summed E-state index contributed by atoms with van der Waals surface area (Å²) in [5.74, 6) is -2.47. The first kappa shape index (κ1) is 33.3. The summed E-state index contributed by atoms with van der Waals surface area (Å²) in [5.41, 5.74) is -1.64. The number of hydrogen-bond acceptors (Lipinski definition) is 6. The van der Waals surface area contributed by atoms with Crippen molar-refractivity contribution >= 4 is 33.5 Å². The number of fused-ring (bicyclic) bond motifs is 1. The summed E-state index contributed by atoms with van der Waals surface area (Å²) in [4.78, 5) is 45.3. The van der Waals surface area contributed by atoms with Crippen LogP contribution in [-0.4, -0.2) is 31.7 Å². The Morgan fingerprint density at radius 3 is 1.94 bits per heavy atom. The summed E-state index contributed by atoms with van der Waals surface area (Å²) in [7, 11) is -4.51. The number of sulfonamides is 1. The lowest BCUT2D eigenvalue weighted by Crippen LogP contribution is -2.74. The number of nitrogens with zero attached hydrogens (tertiary/aromatic N) is 1. The monoisotopic (exact) mass is 673 g/mol. The van der Waals surface area contributed by atoms with E-state index in [9.17, 15) is 18.0 Å². The Kier molecular flexibility index (Phi) is 9.18. The summed E-state index contributed by atoms with van der Waals surface area (Å²) in [6, 6.07) is 39.2. The second-order valence-electron chi connectivity index (χ2n) is 12.1. The second kappa shape index (κ2) is 13.5. The van der Waals surface area contributed by atoms with Gasteiger partial charge < -0.3 is 15.0 Å². The van der Waals surface area contributed by atoms with Gasteiger partial charge in [-0.2, -0.15) is 4.72 Å². The summed E-state index contributed by atoms with van der Waals surface area (Å²) in [6.45, 7) is 2.98. The van der Waals surface area contributed by atoms with E-state index in [-0.39, 0.29) is 29.2 Å². The van der Waals surface area contributed by atoms with Crippen molar-refractivity contribution in [2.75, 3.05) is 4.90 Å². The predicted octanol–water partition coefficient (Wildman–Crippen LogP) is 5.65. The van der Waals surface area contributed by atoms with Crippen molar-refractivity contribution in [2.24, 2.45) is 0 Å². The van der Waals surface area contributed by atoms with Gasteiger partial charge >= 0.3 is 5.97 Å². The first-order valence-electron chi connectivity index (χ1n) is 15.7. The van der Waals surface area contributed by atoms with Crippen molar-refractivity contribution in [1.82, 2.24) is 10.0 Å². The van der Waals surface area contributed by atoms with Crippen molar-refractivity contribution < 1.29 is 27.5 Å². The van der Waals surface area contributed by atoms with Crippen LogP contribution >= 0.6 is 0 Å². The fourth-order valence-electron chi connectivity index (χ4n) is 6.12. The van der Waals surface area contributed by atoms with Gasteiger partial charge in [-0.3, -0.25) is 9.59 Å². The van der Waals surface area contributed by atoms with Crippen LogP contribution in [0.5, 0.6) is 0 Å². The zero-order valence-corrected chi connectivity index (χ0v) is 27.8. The molecule has 0 saturated carbocycles. The fraction of sp³-hybridized carbons (Fsp3) is 0.154. The third-order valence-corrected chi connectivity index (χ3v) is 10.3. The highest BCUT2D eigenvalue weighted by atomic mass is 32.2. The van der Waals surface area contributed by atoms with Gasteiger partial charge in [-0.05, 0) is 55.3 Å². The van der Waals surface area contributed by atoms with E-state index in [0.717, 1.165) is 11.1 Å². The number of para-hydroxylation sites is 1. The molecule has 6 rings (SSSR count). The Hall–Kier alpha value is -5.58. The smallest absolute Gasteiger partial charge is 0.330 e. The molecule has 49 heavy (non-hydrogen) atoms. The van der Waals surface area contributed by atoms with Crippen LogP contribution in [0.25, 0.3) is 0 Å². The molecule has 1 heterocycles. The number of esters is 1. The second-order valence-corrected chi connectivity index (χ2v) is 13.8. The van der Waals surface area contributed by atoms with E-state index in [2.05, 4.69) is 10.0 Å². The zero-order valence-electron chi connectivity index (χ0n) is 27.0. The van der Waals surface area contributed by atoms with Crippen LogP contribution in [0.3, 0.4) is 0 Å². The lowest BCUT2D eigenvalue weighted by molar-refractivity contribution is -0.158. The fourth-order valence-corrected chi connectivity index (χ4v) is 7.51. The standard InChI is InChI=1S/C39H35N3O6S/c1-28-22-24-32(25-23-28)49(46,47)41-38(2,37(45)48-27-30-16-8-4-9-17-30)39(40-35(43)31-18-10-5-11-19-31)33-20-12-13-21-34(33)42(36(39)44)26-29-14-6-3-7-15-29/h3-25,41H,26-27H2,1-2H3,(H,40,43)/t38-,39-/m0/s1. The molecule has 5 aromatic rings. The highest BCUT2D eigenvalue weighted by molar-refractivity contribution is 7.89. The molecule has 0 aliphatic carbocycles. The molecule has 0 radical (unpaired) electrons. The Bertz CT molecular complexity index is 2090. The van der Waals surface area contributed by atoms with Crippen molar-refractivity contribution in [2.45, 2.75) is 43.0 Å². The normalized spacial score (nSPS) is 16.8. The number of anilines is 1. The Morgan fingerprint density at radius 1 is 0.755 bits per heavy atom. The molecule has 0 saturated heterocycles. The molecule has 1 aliphatic rings. The number of carbonyl (C=O) groups excluding carboxylic acids is 3. The first-order valence-corrected chi connectivity index (χ1v) is 17.2. The third-order valence-electron chi connectivity index (χ3n) is 8.73. The minimum Gasteiger partial charge on any atom is -0.459 e. The van der Waals surface area contributed by atoms with E-state index >= 15 is 4.79 Å². The highest BCUT2D eigenvalue weighted by Gasteiger charge is 2.67. The van der Waals surface area contributed by atoms with E-state index in [0.29, 0.717) is 11.3 Å². The summed E-state index contributed by atoms with van der Waals surface area (Å²) in [6.07, 6.45) is 0. The topological polar surface area (TPSA) is 122 Å². The van der Waals surface area contributed by atoms with E-state index in [4.69, 9.17) is 4.74 Å². The maximum Gasteiger partial charge on any atom is 0.330 e. The average molecular weight is 674 g/mol. The van der Waals surface area contributed by atoms with Gasteiger partial charge in [0.25, 0.3) is 11.8 Å². The zero-order chi connectivity index (χ0) is 34.6. The van der Waals surface area contributed by atoms with Gasteiger partial charge in [0, 0.05) is 11.1 Å². The summed E-state index contributed by atoms with van der Waals surface area (Å²) >= 11 is 0. The minimum atomic E-state index is -4.51. The minimum absolute atomic E-state index is 0.0828. The number of carbonyl (C=O) groups is 3. The van der Waals surface area contributed by atoms with Crippen molar-refractivity contribution in [3.63, 3.8) is 0 Å². The third kappa shape index (κ3) is 6.36. The van der Waals surface area contributed by atoms with E-state index in [1.807, 2.05) is 43.3 Å². The van der Waals surface area contributed by atoms with Crippen LogP contribution in [-0.2, 0) is 43.0 Å². The van der Waals surface area contributed by atoms with Gasteiger partial charge in [-0.15, -0.1) is 0 Å². The molecule has 2 atom stereocenters. The molecule has 248 valence electrons. The van der Waals surface area contributed by atoms with Gasteiger partial charge in [0.1, 0.15) is 6.61 Å². The molecule has 9 nitrogen and oxygen atoms in total. The van der Waals surface area contributed by atoms with Gasteiger partial charge in [0.2, 0.25) is 10.0 Å². The molecule has 10 heteroatoms. The van der Waals surface area contributed by atoms with Crippen molar-refractivity contribution in [1.29, 1.82) is 0 Å². The van der Waals surface area contributed by atoms with Crippen molar-refractivity contribution in [3.05, 3.63) is 167 Å². The number of aryl methyl sites for hydroxylation is 1. The van der Waals surface area contributed by atoms with Gasteiger partial charge in [-0.25, -0.2) is 13.2 Å². The lowest BCUT2D eigenvalue weighted by Gasteiger charge is -2.43. The number of nitrogens with one attached hydrogen (secondary N) is 2. The Labute approximate surface area is 285 Å². The van der Waals surface area contributed by atoms with Crippen LogP contribution in [0.4, 0.5) is 5.69 Å². The maximum absolute atomic E-state index is 15.2. The number of hydrogen-bond donors (Lipinski definition) is 2. The lowest BCUT2D eigenvalue weighted by atomic mass is 9.73. The first-order chi connectivity index (χ1) is 23.5. The Morgan fingerprint density at radius 2 is 1.31 bits per heavy atom. The van der Waals surface area contributed by atoms with E-state index in [1.54, 1.807) is 91.0 Å². The largest absolute Gasteiger partial charge is 0.459 e. The molecular formula is C39H35N3O6S. The maximum atomic E-state index is 15.2. The quantitative estimate of drug-likeness (QED) is 0.175. The number of ether oxygens (including phenoxy) is 1. The average Bonchev–Trinajstić information content (AvgIpc) is 3.35. The van der Waals surface area contributed by atoms with Crippen LogP contribution in [0.2, 0.25) is 0 Å². The number of rotatable bonds is 11. The van der Waals surface area contributed by atoms with Crippen LogP contribution in [0.15, 0.2) is 144 Å². The predicted molar refractivity (Wildman–Crippen MR) is 186 cm³/mol. The highest BCUT2D eigenvalue weighted by Crippen LogP contribution is 2.48. The van der Waals surface area contributed by atoms with Crippen LogP contribution < -0.4 is 14.9 Å². The van der Waals surface area contributed by atoms with Gasteiger partial charge in [-0.1, -0.05) is 115 Å². The van der Waals surface area contributed by atoms with E-state index in [1.165, 1.54) is 24.0 Å². The molecule has 0 fully saturated rings. The molecule has 5 aromatic carbocycles. The van der Waals surface area contributed by atoms with Crippen molar-refractivity contribution in [3.8, 4) is 0 Å². The van der Waals surface area contributed by atoms with E-state index < -0.39 is 38.9 Å². The summed E-state index contributed by atoms with van der Waals surface area (Å²) in [5, 5.41) is 2.88. The number of amides is 2. The van der Waals surface area contributed by atoms with Gasteiger partial charge in [0.15, 0.2) is 11.1 Å². The molecular weight excluding hydrogens is 639 g/mol. The molecule has 2 amide bonds. The SMILES string of the molecule is Cc1ccc(S(=O)(=O)N[C@@](C)(C(=O)OCc2ccccc2)[C@@]2(NC(=O)c3ccccc3)C(=O)N(Cc3ccccc3)c3ccccc32)cc1. The molecule has 0 aromatic heterocycles. The summed E-state index contributed by atoms with van der Waals surface area (Å²) < 4.78 is 36.9. The van der Waals surface area contributed by atoms with Gasteiger partial charge in [0.05, 0.1) is 17.1 Å². The van der Waals surface area contributed by atoms with Crippen LogP contribution in [0, 0.1) is 6.92 Å². The molecule has 2 N–H and O–H groups in total. The Balaban J connectivity index is 1.56. The molecule has 1 aliphatic heterocycles. The molecule has 0 spiro atoms. The van der Waals surface area contributed by atoms with Crippen LogP contribution in [0.1, 0.15) is 39.5 Å².